The lowest BCUT2D eigenvalue weighted by Crippen LogP contribution is -2.52. The number of ether oxygens (including phenoxy) is 3. The predicted octanol–water partition coefficient (Wildman–Crippen LogP) is -0.0665. The molecule has 1 unspecified atom stereocenters. The van der Waals surface area contributed by atoms with Crippen LogP contribution in [0.4, 0.5) is 0 Å². The number of aliphatic carboxylic acids is 1. The van der Waals surface area contributed by atoms with Crippen molar-refractivity contribution in [1.82, 2.24) is 10.2 Å². The number of carboxylic acid groups (broad SMARTS) is 1. The van der Waals surface area contributed by atoms with Crippen molar-refractivity contribution in [2.45, 2.75) is 25.4 Å². The second kappa shape index (κ2) is 11.4. The van der Waals surface area contributed by atoms with E-state index in [9.17, 15) is 19.2 Å². The van der Waals surface area contributed by atoms with Gasteiger partial charge in [0.25, 0.3) is 5.91 Å². The van der Waals surface area contributed by atoms with Gasteiger partial charge in [0, 0.05) is 24.1 Å². The fraction of sp³-hybridized carbons (Fsp3) is 0.455. The molecule has 2 N–H and O–H groups in total. The van der Waals surface area contributed by atoms with Crippen LogP contribution in [0.3, 0.4) is 0 Å². The number of hydrogen-bond donors (Lipinski definition) is 2. The fourth-order valence-electron chi connectivity index (χ4n) is 3.45. The van der Waals surface area contributed by atoms with Crippen LogP contribution in [-0.4, -0.2) is 79.4 Å². The molecule has 0 spiro atoms. The van der Waals surface area contributed by atoms with Gasteiger partial charge >= 0.3 is 5.97 Å². The molecule has 1 saturated heterocycles. The molecule has 0 bridgehead atoms. The number of piperidine rings is 1. The van der Waals surface area contributed by atoms with Gasteiger partial charge < -0.3 is 24.2 Å². The zero-order chi connectivity index (χ0) is 22.9. The highest BCUT2D eigenvalue weighted by atomic mass is 16.5. The number of amides is 3. The van der Waals surface area contributed by atoms with Crippen molar-refractivity contribution in [3.8, 4) is 11.8 Å². The standard InChI is InChI=1S/C22H24N2O8/c25-19-7-6-18(21(28)23-19)24-13-17-15(3-1-5-16(17)22(24)29)4-2-8-30-9-10-31-11-12-32-14-20(26)27/h1,3,5,18H,6-14H2,(H,26,27)(H,23,25,28). The van der Waals surface area contributed by atoms with E-state index in [0.29, 0.717) is 30.8 Å². The number of nitrogens with zero attached hydrogens (tertiary/aromatic N) is 1. The van der Waals surface area contributed by atoms with Crippen LogP contribution in [0.2, 0.25) is 0 Å². The maximum absolute atomic E-state index is 12.8. The predicted molar refractivity (Wildman–Crippen MR) is 109 cm³/mol. The Morgan fingerprint density at radius 3 is 2.62 bits per heavy atom. The number of fused-ring (bicyclic) bond motifs is 1. The van der Waals surface area contributed by atoms with E-state index in [4.69, 9.17) is 19.3 Å². The first-order valence-corrected chi connectivity index (χ1v) is 10.2. The van der Waals surface area contributed by atoms with Crippen LogP contribution >= 0.6 is 0 Å². The first-order valence-electron chi connectivity index (χ1n) is 10.2. The van der Waals surface area contributed by atoms with Crippen molar-refractivity contribution >= 4 is 23.7 Å². The first-order chi connectivity index (χ1) is 15.5. The summed E-state index contributed by atoms with van der Waals surface area (Å²) >= 11 is 0. The van der Waals surface area contributed by atoms with Gasteiger partial charge in [-0.2, -0.15) is 0 Å². The lowest BCUT2D eigenvalue weighted by atomic mass is 10.0. The highest BCUT2D eigenvalue weighted by Crippen LogP contribution is 2.29. The Morgan fingerprint density at radius 1 is 1.12 bits per heavy atom. The van der Waals surface area contributed by atoms with Gasteiger partial charge in [0.1, 0.15) is 19.3 Å². The second-order valence-corrected chi connectivity index (χ2v) is 7.14. The first kappa shape index (κ1) is 23.4. The van der Waals surface area contributed by atoms with Gasteiger partial charge in [-0.1, -0.05) is 17.9 Å². The summed E-state index contributed by atoms with van der Waals surface area (Å²) in [7, 11) is 0. The van der Waals surface area contributed by atoms with Crippen LogP contribution in [-0.2, 0) is 35.1 Å². The lowest BCUT2D eigenvalue weighted by Gasteiger charge is -2.29. The summed E-state index contributed by atoms with van der Waals surface area (Å²) in [4.78, 5) is 48.1. The molecule has 1 aromatic rings. The van der Waals surface area contributed by atoms with Gasteiger partial charge in [-0.15, -0.1) is 0 Å². The van der Waals surface area contributed by atoms with E-state index in [1.165, 1.54) is 4.90 Å². The Balaban J connectivity index is 1.45. The number of nitrogens with one attached hydrogen (secondary N) is 1. The molecule has 3 rings (SSSR count). The Morgan fingerprint density at radius 2 is 1.88 bits per heavy atom. The van der Waals surface area contributed by atoms with Gasteiger partial charge in [-0.05, 0) is 24.1 Å². The quantitative estimate of drug-likeness (QED) is 0.291. The number of carbonyl (C=O) groups is 4. The van der Waals surface area contributed by atoms with Gasteiger partial charge in [-0.25, -0.2) is 4.79 Å². The summed E-state index contributed by atoms with van der Waals surface area (Å²) < 4.78 is 15.5. The van der Waals surface area contributed by atoms with Crippen LogP contribution in [0.25, 0.3) is 0 Å². The van der Waals surface area contributed by atoms with E-state index in [-0.39, 0.29) is 51.2 Å². The minimum Gasteiger partial charge on any atom is -0.480 e. The largest absolute Gasteiger partial charge is 0.480 e. The summed E-state index contributed by atoms with van der Waals surface area (Å²) in [5, 5.41) is 10.7. The van der Waals surface area contributed by atoms with Gasteiger partial charge in [-0.3, -0.25) is 19.7 Å². The molecule has 1 atom stereocenters. The van der Waals surface area contributed by atoms with Gasteiger partial charge in [0.15, 0.2) is 0 Å². The monoisotopic (exact) mass is 444 g/mol. The van der Waals surface area contributed by atoms with E-state index in [1.807, 2.05) is 6.07 Å². The zero-order valence-electron chi connectivity index (χ0n) is 17.4. The van der Waals surface area contributed by atoms with Crippen LogP contribution in [0.15, 0.2) is 18.2 Å². The smallest absolute Gasteiger partial charge is 0.329 e. The molecule has 0 aromatic heterocycles. The van der Waals surface area contributed by atoms with E-state index in [0.717, 1.165) is 5.56 Å². The number of hydrogen-bond acceptors (Lipinski definition) is 7. The number of imide groups is 1. The number of benzene rings is 1. The SMILES string of the molecule is O=C(O)COCCOCCOCC#Cc1cccc2c1CN(C1CCC(=O)NC1=O)C2=O. The van der Waals surface area contributed by atoms with Crippen LogP contribution in [0.5, 0.6) is 0 Å². The van der Waals surface area contributed by atoms with Crippen LogP contribution < -0.4 is 5.32 Å². The second-order valence-electron chi connectivity index (χ2n) is 7.14. The van der Waals surface area contributed by atoms with E-state index >= 15 is 0 Å². The Hall–Kier alpha value is -3.26. The third-order valence-corrected chi connectivity index (χ3v) is 4.95. The van der Waals surface area contributed by atoms with Crippen molar-refractivity contribution in [2.24, 2.45) is 0 Å². The molecule has 0 radical (unpaired) electrons. The fourth-order valence-corrected chi connectivity index (χ4v) is 3.45. The third kappa shape index (κ3) is 6.13. The zero-order valence-corrected chi connectivity index (χ0v) is 17.4. The van der Waals surface area contributed by atoms with Gasteiger partial charge in [0.2, 0.25) is 11.8 Å². The van der Waals surface area contributed by atoms with Crippen molar-refractivity contribution < 1.29 is 38.5 Å². The normalized spacial score (nSPS) is 17.6. The lowest BCUT2D eigenvalue weighted by molar-refractivity contribution is -0.143. The third-order valence-electron chi connectivity index (χ3n) is 4.95. The molecule has 2 aliphatic heterocycles. The van der Waals surface area contributed by atoms with Crippen LogP contribution in [0.1, 0.15) is 34.3 Å². The molecule has 10 nitrogen and oxygen atoms in total. The minimum absolute atomic E-state index is 0.174. The van der Waals surface area contributed by atoms with Crippen LogP contribution in [0, 0.1) is 11.8 Å². The van der Waals surface area contributed by atoms with Crippen molar-refractivity contribution in [3.63, 3.8) is 0 Å². The van der Waals surface area contributed by atoms with E-state index in [1.54, 1.807) is 12.1 Å². The molecule has 1 fully saturated rings. The Labute approximate surface area is 184 Å². The maximum Gasteiger partial charge on any atom is 0.329 e. The number of rotatable bonds is 10. The maximum atomic E-state index is 12.8. The molecule has 2 aliphatic rings. The summed E-state index contributed by atoms with van der Waals surface area (Å²) in [6, 6.07) is 4.61. The highest BCUT2D eigenvalue weighted by Gasteiger charge is 2.39. The molecule has 0 aliphatic carbocycles. The number of carboxylic acids is 1. The average molecular weight is 444 g/mol. The summed E-state index contributed by atoms with van der Waals surface area (Å²) in [5.41, 5.74) is 1.97. The number of carbonyl (C=O) groups excluding carboxylic acids is 3. The average Bonchev–Trinajstić information content (AvgIpc) is 3.09. The summed E-state index contributed by atoms with van der Waals surface area (Å²) in [6.07, 6.45) is 0.520. The topological polar surface area (TPSA) is 131 Å². The minimum atomic E-state index is -1.02. The highest BCUT2D eigenvalue weighted by molar-refractivity contribution is 6.05. The van der Waals surface area contributed by atoms with E-state index < -0.39 is 17.9 Å². The summed E-state index contributed by atoms with van der Waals surface area (Å²) in [6.45, 7) is 1.21. The molecular weight excluding hydrogens is 420 g/mol. The Bertz CT molecular complexity index is 949. The molecule has 0 saturated carbocycles. The van der Waals surface area contributed by atoms with Crippen molar-refractivity contribution in [3.05, 3.63) is 34.9 Å². The van der Waals surface area contributed by atoms with Gasteiger partial charge in [0.05, 0.1) is 26.4 Å². The molecular formula is C22H24N2O8. The molecule has 170 valence electrons. The van der Waals surface area contributed by atoms with Crippen molar-refractivity contribution in [2.75, 3.05) is 39.6 Å². The molecule has 1 aromatic carbocycles. The van der Waals surface area contributed by atoms with Crippen molar-refractivity contribution in [1.29, 1.82) is 0 Å². The summed E-state index contributed by atoms with van der Waals surface area (Å²) in [5.74, 6) is 3.89. The van der Waals surface area contributed by atoms with E-state index in [2.05, 4.69) is 17.2 Å². The molecule has 32 heavy (non-hydrogen) atoms. The molecule has 10 heteroatoms. The molecule has 3 amide bonds. The molecule has 2 heterocycles. The Kier molecular flexibility index (Phi) is 8.33.